The van der Waals surface area contributed by atoms with Gasteiger partial charge < -0.3 is 14.2 Å². The third kappa shape index (κ3) is 2.88. The van der Waals surface area contributed by atoms with Gasteiger partial charge in [-0.15, -0.1) is 0 Å². The molecule has 0 amide bonds. The summed E-state index contributed by atoms with van der Waals surface area (Å²) in [5.74, 6) is 1.83. The lowest BCUT2D eigenvalue weighted by Crippen LogP contribution is -2.22. The standard InChI is InChI=1S/C20H20Cl2O3/c1-23-15-5-3-13(4-6-15)18-10-19(12-20(19,21)22)25-11-14-9-16(24-2)7-8-17(14)18/h3-9,18H,10-12H2,1-2H3. The maximum atomic E-state index is 6.45. The summed E-state index contributed by atoms with van der Waals surface area (Å²) in [5.41, 5.74) is 3.06. The van der Waals surface area contributed by atoms with Crippen molar-refractivity contribution in [2.45, 2.75) is 35.3 Å². The van der Waals surface area contributed by atoms with E-state index in [1.54, 1.807) is 14.2 Å². The molecule has 2 aromatic rings. The number of methoxy groups -OCH3 is 2. The summed E-state index contributed by atoms with van der Waals surface area (Å²) in [5, 5.41) is 0. The number of fused-ring (bicyclic) bond motifs is 1. The van der Waals surface area contributed by atoms with Gasteiger partial charge in [0.15, 0.2) is 0 Å². The van der Waals surface area contributed by atoms with Gasteiger partial charge in [0.05, 0.1) is 20.8 Å². The molecular weight excluding hydrogens is 359 g/mol. The second-order valence-corrected chi connectivity index (χ2v) is 8.24. The summed E-state index contributed by atoms with van der Waals surface area (Å²) in [6, 6.07) is 14.3. The zero-order chi connectivity index (χ0) is 17.7. The Morgan fingerprint density at radius 3 is 2.24 bits per heavy atom. The van der Waals surface area contributed by atoms with Crippen LogP contribution in [-0.2, 0) is 11.3 Å². The van der Waals surface area contributed by atoms with Crippen LogP contribution in [0.25, 0.3) is 0 Å². The van der Waals surface area contributed by atoms with Crippen LogP contribution in [0.2, 0.25) is 0 Å². The van der Waals surface area contributed by atoms with Crippen molar-refractivity contribution in [3.63, 3.8) is 0 Å². The van der Waals surface area contributed by atoms with Crippen LogP contribution >= 0.6 is 23.2 Å². The van der Waals surface area contributed by atoms with Gasteiger partial charge in [-0.25, -0.2) is 0 Å². The van der Waals surface area contributed by atoms with E-state index in [4.69, 9.17) is 37.4 Å². The summed E-state index contributed by atoms with van der Waals surface area (Å²) in [4.78, 5) is 0. The Labute approximate surface area is 157 Å². The lowest BCUT2D eigenvalue weighted by atomic mass is 9.84. The molecule has 0 N–H and O–H groups in total. The van der Waals surface area contributed by atoms with E-state index in [-0.39, 0.29) is 5.92 Å². The number of hydrogen-bond acceptors (Lipinski definition) is 3. The monoisotopic (exact) mass is 378 g/mol. The van der Waals surface area contributed by atoms with E-state index in [1.165, 1.54) is 11.1 Å². The first-order valence-corrected chi connectivity index (χ1v) is 9.06. The molecule has 2 atom stereocenters. The first kappa shape index (κ1) is 17.0. The second-order valence-electron chi connectivity index (χ2n) is 6.76. The highest BCUT2D eigenvalue weighted by Crippen LogP contribution is 2.64. The fourth-order valence-electron chi connectivity index (χ4n) is 3.71. The molecule has 5 heteroatoms. The number of halogens is 2. The van der Waals surface area contributed by atoms with Crippen molar-refractivity contribution in [2.24, 2.45) is 0 Å². The summed E-state index contributed by atoms with van der Waals surface area (Å²) in [6.07, 6.45) is 1.41. The van der Waals surface area contributed by atoms with Crippen LogP contribution < -0.4 is 9.47 Å². The SMILES string of the molecule is COc1ccc(C2CC3(CC3(Cl)Cl)OCc3cc(OC)ccc32)cc1. The van der Waals surface area contributed by atoms with Crippen molar-refractivity contribution in [3.05, 3.63) is 59.2 Å². The number of hydrogen-bond donors (Lipinski definition) is 0. The normalized spacial score (nSPS) is 26.6. The van der Waals surface area contributed by atoms with Crippen LogP contribution in [0.4, 0.5) is 0 Å². The molecule has 3 nitrogen and oxygen atoms in total. The van der Waals surface area contributed by atoms with E-state index in [0.717, 1.165) is 23.5 Å². The van der Waals surface area contributed by atoms with Crippen molar-refractivity contribution in [1.82, 2.24) is 0 Å². The van der Waals surface area contributed by atoms with E-state index >= 15 is 0 Å². The Kier molecular flexibility index (Phi) is 4.14. The second kappa shape index (κ2) is 6.08. The molecule has 2 unspecified atom stereocenters. The van der Waals surface area contributed by atoms with E-state index in [1.807, 2.05) is 24.3 Å². The van der Waals surface area contributed by atoms with Crippen LogP contribution in [0.3, 0.4) is 0 Å². The van der Waals surface area contributed by atoms with Gasteiger partial charge in [0, 0.05) is 12.3 Å². The maximum absolute atomic E-state index is 6.45. The molecular formula is C20H20Cl2O3. The van der Waals surface area contributed by atoms with Crippen molar-refractivity contribution in [2.75, 3.05) is 14.2 Å². The predicted molar refractivity (Wildman–Crippen MR) is 99.0 cm³/mol. The molecule has 0 bridgehead atoms. The van der Waals surface area contributed by atoms with Crippen LogP contribution in [-0.4, -0.2) is 24.2 Å². The Morgan fingerprint density at radius 2 is 1.64 bits per heavy atom. The smallest absolute Gasteiger partial charge is 0.150 e. The quantitative estimate of drug-likeness (QED) is 0.697. The summed E-state index contributed by atoms with van der Waals surface area (Å²) < 4.78 is 16.0. The summed E-state index contributed by atoms with van der Waals surface area (Å²) >= 11 is 12.9. The Morgan fingerprint density at radius 1 is 1.00 bits per heavy atom. The fraction of sp³-hybridized carbons (Fsp3) is 0.400. The maximum Gasteiger partial charge on any atom is 0.150 e. The van der Waals surface area contributed by atoms with Gasteiger partial charge in [-0.2, -0.15) is 0 Å². The van der Waals surface area contributed by atoms with E-state index in [2.05, 4.69) is 18.2 Å². The molecule has 2 aliphatic rings. The Bertz CT molecular complexity index is 788. The molecule has 2 aromatic carbocycles. The zero-order valence-corrected chi connectivity index (χ0v) is 15.7. The van der Waals surface area contributed by atoms with Crippen LogP contribution in [0.15, 0.2) is 42.5 Å². The molecule has 0 saturated heterocycles. The molecule has 1 saturated carbocycles. The number of alkyl halides is 2. The number of benzene rings is 2. The number of rotatable bonds is 3. The minimum Gasteiger partial charge on any atom is -0.497 e. The highest BCUT2D eigenvalue weighted by atomic mass is 35.5. The van der Waals surface area contributed by atoms with Gasteiger partial charge in [0.1, 0.15) is 21.4 Å². The van der Waals surface area contributed by atoms with Gasteiger partial charge in [0.2, 0.25) is 0 Å². The summed E-state index contributed by atoms with van der Waals surface area (Å²) in [7, 11) is 3.34. The molecule has 0 aromatic heterocycles. The van der Waals surface area contributed by atoms with Gasteiger partial charge in [-0.1, -0.05) is 41.4 Å². The molecule has 132 valence electrons. The van der Waals surface area contributed by atoms with Gasteiger partial charge in [-0.05, 0) is 47.4 Å². The van der Waals surface area contributed by atoms with Crippen molar-refractivity contribution in [1.29, 1.82) is 0 Å². The first-order valence-electron chi connectivity index (χ1n) is 8.30. The third-order valence-corrected chi connectivity index (χ3v) is 6.29. The molecule has 1 aliphatic heterocycles. The average Bonchev–Trinajstić information content (AvgIpc) is 3.23. The minimum absolute atomic E-state index is 0.161. The molecule has 4 rings (SSSR count). The van der Waals surface area contributed by atoms with Gasteiger partial charge >= 0.3 is 0 Å². The number of ether oxygens (including phenoxy) is 3. The summed E-state index contributed by atoms with van der Waals surface area (Å²) in [6.45, 7) is 0.486. The predicted octanol–water partition coefficient (Wildman–Crippen LogP) is 5.07. The fourth-order valence-corrected chi connectivity index (χ4v) is 4.41. The van der Waals surface area contributed by atoms with Crippen LogP contribution in [0.5, 0.6) is 11.5 Å². The first-order chi connectivity index (χ1) is 12.0. The van der Waals surface area contributed by atoms with Gasteiger partial charge in [0.25, 0.3) is 0 Å². The Hall–Kier alpha value is -1.42. The lowest BCUT2D eigenvalue weighted by Gasteiger charge is -2.22. The molecule has 1 fully saturated rings. The highest BCUT2D eigenvalue weighted by molar-refractivity contribution is 6.52. The molecule has 1 spiro atoms. The van der Waals surface area contributed by atoms with E-state index < -0.39 is 9.93 Å². The molecule has 1 heterocycles. The topological polar surface area (TPSA) is 27.7 Å². The van der Waals surface area contributed by atoms with E-state index in [9.17, 15) is 0 Å². The third-order valence-electron chi connectivity index (χ3n) is 5.33. The minimum atomic E-state index is -0.816. The van der Waals surface area contributed by atoms with Crippen molar-refractivity contribution < 1.29 is 14.2 Å². The van der Waals surface area contributed by atoms with Crippen molar-refractivity contribution >= 4 is 23.2 Å². The molecule has 1 aliphatic carbocycles. The van der Waals surface area contributed by atoms with Crippen LogP contribution in [0.1, 0.15) is 35.4 Å². The molecule has 0 radical (unpaired) electrons. The van der Waals surface area contributed by atoms with Crippen molar-refractivity contribution in [3.8, 4) is 11.5 Å². The van der Waals surface area contributed by atoms with Gasteiger partial charge in [-0.3, -0.25) is 0 Å². The largest absolute Gasteiger partial charge is 0.497 e. The molecule has 25 heavy (non-hydrogen) atoms. The Balaban J connectivity index is 1.78. The van der Waals surface area contributed by atoms with Crippen LogP contribution in [0, 0.1) is 0 Å². The highest BCUT2D eigenvalue weighted by Gasteiger charge is 2.68. The zero-order valence-electron chi connectivity index (χ0n) is 14.2. The van der Waals surface area contributed by atoms with E-state index in [0.29, 0.717) is 13.0 Å². The average molecular weight is 379 g/mol. The lowest BCUT2D eigenvalue weighted by molar-refractivity contribution is 0.0158.